The monoisotopic (exact) mass is 564 g/mol. The van der Waals surface area contributed by atoms with E-state index >= 15 is 0 Å². The number of benzene rings is 3. The Labute approximate surface area is 226 Å². The minimum atomic E-state index is -4.70. The minimum absolute atomic E-state index is 0.0821. The molecule has 5 N–H and O–H groups in total. The second-order valence-electron chi connectivity index (χ2n) is 7.90. The van der Waals surface area contributed by atoms with Crippen LogP contribution < -0.4 is 4.98 Å². The Morgan fingerprint density at radius 3 is 1.98 bits per heavy atom. The van der Waals surface area contributed by atoms with Crippen LogP contribution >= 0.6 is 0 Å². The Morgan fingerprint density at radius 2 is 1.35 bits per heavy atom. The van der Waals surface area contributed by atoms with E-state index in [0.717, 1.165) is 28.4 Å². The number of aromatic nitrogens is 2. The molecule has 0 fully saturated rings. The van der Waals surface area contributed by atoms with Gasteiger partial charge in [-0.15, -0.1) is 0 Å². The summed E-state index contributed by atoms with van der Waals surface area (Å²) in [7, 11) is -4.70. The number of para-hydroxylation sites is 2. The average Bonchev–Trinajstić information content (AvgIpc) is 2.92. The van der Waals surface area contributed by atoms with Gasteiger partial charge < -0.3 is 25.0 Å². The van der Waals surface area contributed by atoms with Crippen molar-refractivity contribution in [1.29, 1.82) is 0 Å². The van der Waals surface area contributed by atoms with Gasteiger partial charge in [0.1, 0.15) is 27.1 Å². The van der Waals surface area contributed by atoms with Crippen molar-refractivity contribution < 1.29 is 52.8 Å². The fourth-order valence-corrected chi connectivity index (χ4v) is 3.76. The van der Waals surface area contributed by atoms with Crippen molar-refractivity contribution in [2.75, 3.05) is 0 Å². The van der Waals surface area contributed by atoms with Gasteiger partial charge in [0.2, 0.25) is 5.52 Å². The highest BCUT2D eigenvalue weighted by atomic mass is 32.2. The number of nitrogens with zero attached hydrogens (tertiary/aromatic N) is 1. The first-order valence-corrected chi connectivity index (χ1v) is 12.5. The van der Waals surface area contributed by atoms with E-state index in [1.165, 1.54) is 6.07 Å². The number of hydrogen-bond acceptors (Lipinski definition) is 8. The lowest BCUT2D eigenvalue weighted by atomic mass is 10.2. The van der Waals surface area contributed by atoms with Crippen molar-refractivity contribution in [2.24, 2.45) is 0 Å². The molecule has 12 nitrogen and oxygen atoms in total. The van der Waals surface area contributed by atoms with E-state index in [2.05, 4.69) is 9.97 Å². The topological polar surface area (TPSA) is 216 Å². The number of rotatable bonds is 4. The smallest absolute Gasteiger partial charge is 0.401 e. The third kappa shape index (κ3) is 7.56. The van der Waals surface area contributed by atoms with Gasteiger partial charge in [0.25, 0.3) is 5.69 Å². The zero-order chi connectivity index (χ0) is 29.4. The van der Waals surface area contributed by atoms with Crippen LogP contribution in [0.5, 0.6) is 5.75 Å². The Hall–Kier alpha value is -5.40. The summed E-state index contributed by atoms with van der Waals surface area (Å²) < 4.78 is 31.5. The molecule has 0 aliphatic heterocycles. The van der Waals surface area contributed by atoms with Crippen LogP contribution in [0, 0.1) is 0 Å². The number of aromatic amines is 1. The second-order valence-corrected chi connectivity index (χ2v) is 9.28. The van der Waals surface area contributed by atoms with E-state index in [1.807, 2.05) is 42.5 Å². The van der Waals surface area contributed by atoms with Crippen molar-refractivity contribution >= 4 is 49.8 Å². The number of carbonyl (C=O) groups is 3. The maximum absolute atomic E-state index is 10.6. The highest BCUT2D eigenvalue weighted by molar-refractivity contribution is 7.85. The van der Waals surface area contributed by atoms with E-state index in [-0.39, 0.29) is 11.4 Å². The Morgan fingerprint density at radius 1 is 0.725 bits per heavy atom. The summed E-state index contributed by atoms with van der Waals surface area (Å²) in [6.07, 6.45) is 0. The van der Waals surface area contributed by atoms with E-state index in [4.69, 9.17) is 20.4 Å². The molecule has 3 aromatic carbocycles. The number of carboxylic acids is 3. The molecule has 0 saturated heterocycles. The third-order valence-electron chi connectivity index (χ3n) is 5.19. The standard InChI is InChI=1S/2C10H7NO2.C7H6O6S/c2*12-10(13)9-6-5-7-3-1-2-4-8(7)11-9;8-6-2-1-4(14(11,12)13)3-5(6)7(9)10/h2*1-6H,(H,12,13);1-3,8H,(H,9,10)(H,11,12,13). The summed E-state index contributed by atoms with van der Waals surface area (Å²) in [6, 6.07) is 23.9. The maximum atomic E-state index is 10.6. The van der Waals surface area contributed by atoms with Crippen LogP contribution in [-0.4, -0.2) is 56.3 Å². The van der Waals surface area contributed by atoms with Gasteiger partial charge in [0, 0.05) is 22.9 Å². The van der Waals surface area contributed by atoms with Crippen molar-refractivity contribution in [1.82, 2.24) is 4.98 Å². The summed E-state index contributed by atoms with van der Waals surface area (Å²) in [5.74, 6) is -4.03. The zero-order valence-corrected chi connectivity index (χ0v) is 21.1. The number of hydrogen-bond donors (Lipinski definition) is 4. The molecule has 40 heavy (non-hydrogen) atoms. The molecule has 0 amide bonds. The SMILES string of the molecule is O=C(O)c1cc(S(=O)(=O)[O-])ccc1O.O=C(O)c1ccc2ccccc2[nH+]1.O=C(O)c1ccc2ccccc2n1. The number of aromatic carboxylic acids is 3. The van der Waals surface area contributed by atoms with Crippen LogP contribution in [-0.2, 0) is 10.1 Å². The van der Waals surface area contributed by atoms with Crippen molar-refractivity contribution in [3.63, 3.8) is 0 Å². The lowest BCUT2D eigenvalue weighted by Gasteiger charge is -2.08. The second kappa shape index (κ2) is 12.4. The largest absolute Gasteiger partial charge is 0.744 e. The molecular formula is C27H20N2O10S. The number of carboxylic acid groups (broad SMARTS) is 3. The van der Waals surface area contributed by atoms with Gasteiger partial charge in [0.05, 0.1) is 10.4 Å². The first-order chi connectivity index (χ1) is 18.9. The molecule has 0 aliphatic rings. The summed E-state index contributed by atoms with van der Waals surface area (Å²) in [6.45, 7) is 0. The Bertz CT molecular complexity index is 1750. The van der Waals surface area contributed by atoms with Crippen molar-refractivity contribution in [3.05, 3.63) is 108 Å². The molecule has 0 unspecified atom stereocenters. The molecule has 0 aliphatic carbocycles. The van der Waals surface area contributed by atoms with E-state index in [0.29, 0.717) is 11.6 Å². The summed E-state index contributed by atoms with van der Waals surface area (Å²) in [5, 5.41) is 36.8. The minimum Gasteiger partial charge on any atom is -0.744 e. The van der Waals surface area contributed by atoms with Crippen LogP contribution in [0.3, 0.4) is 0 Å². The molecule has 0 saturated carbocycles. The third-order valence-corrected chi connectivity index (χ3v) is 6.03. The molecule has 13 heteroatoms. The average molecular weight is 565 g/mol. The zero-order valence-electron chi connectivity index (χ0n) is 20.3. The maximum Gasteiger partial charge on any atom is 0.401 e. The first kappa shape index (κ1) is 29.2. The Kier molecular flexibility index (Phi) is 9.06. The predicted octanol–water partition coefficient (Wildman–Crippen LogP) is 3.28. The summed E-state index contributed by atoms with van der Waals surface area (Å²) in [4.78, 5) is 37.8. The van der Waals surface area contributed by atoms with Gasteiger partial charge in [0.15, 0.2) is 0 Å². The number of fused-ring (bicyclic) bond motifs is 2. The van der Waals surface area contributed by atoms with Crippen LogP contribution in [0.15, 0.2) is 95.9 Å². The molecule has 0 atom stereocenters. The quantitative estimate of drug-likeness (QED) is 0.232. The number of aromatic hydroxyl groups is 1. The number of H-pyrrole nitrogens is 1. The fraction of sp³-hybridized carbons (Fsp3) is 0. The number of nitrogens with one attached hydrogen (secondary N) is 1. The van der Waals surface area contributed by atoms with Crippen molar-refractivity contribution in [3.8, 4) is 5.75 Å². The van der Waals surface area contributed by atoms with Gasteiger partial charge in [-0.05, 0) is 42.5 Å². The summed E-state index contributed by atoms with van der Waals surface area (Å²) >= 11 is 0. The van der Waals surface area contributed by atoms with Crippen LogP contribution in [0.1, 0.15) is 31.3 Å². The Balaban J connectivity index is 0.000000165. The molecule has 0 spiro atoms. The highest BCUT2D eigenvalue weighted by Gasteiger charge is 2.13. The normalized spacial score (nSPS) is 10.5. The molecule has 5 aromatic rings. The molecule has 0 radical (unpaired) electrons. The van der Waals surface area contributed by atoms with Gasteiger partial charge in [-0.2, -0.15) is 4.98 Å². The lowest BCUT2D eigenvalue weighted by molar-refractivity contribution is -0.350. The van der Waals surface area contributed by atoms with Crippen LogP contribution in [0.25, 0.3) is 21.8 Å². The number of phenols is 1. The molecule has 5 rings (SSSR count). The van der Waals surface area contributed by atoms with E-state index < -0.39 is 44.2 Å². The molecule has 204 valence electrons. The van der Waals surface area contributed by atoms with Crippen LogP contribution in [0.2, 0.25) is 0 Å². The van der Waals surface area contributed by atoms with Gasteiger partial charge in [-0.25, -0.2) is 27.8 Å². The van der Waals surface area contributed by atoms with Crippen molar-refractivity contribution in [2.45, 2.75) is 4.90 Å². The number of pyridine rings is 2. The molecule has 0 bridgehead atoms. The predicted molar refractivity (Wildman–Crippen MR) is 139 cm³/mol. The molecule has 2 heterocycles. The molecular weight excluding hydrogens is 544 g/mol. The van der Waals surface area contributed by atoms with E-state index in [1.54, 1.807) is 24.3 Å². The van der Waals surface area contributed by atoms with Gasteiger partial charge in [-0.1, -0.05) is 36.4 Å². The molecule has 2 aromatic heterocycles. The lowest BCUT2D eigenvalue weighted by Crippen LogP contribution is -2.16. The van der Waals surface area contributed by atoms with E-state index in [9.17, 15) is 27.4 Å². The van der Waals surface area contributed by atoms with Gasteiger partial charge >= 0.3 is 17.9 Å². The first-order valence-electron chi connectivity index (χ1n) is 11.1. The van der Waals surface area contributed by atoms with Crippen LogP contribution in [0.4, 0.5) is 0 Å². The highest BCUT2D eigenvalue weighted by Crippen LogP contribution is 2.21. The van der Waals surface area contributed by atoms with Gasteiger partial charge in [-0.3, -0.25) is 0 Å². The summed E-state index contributed by atoms with van der Waals surface area (Å²) in [5.41, 5.74) is 1.21. The fourth-order valence-electron chi connectivity index (χ4n) is 3.27.